The number of aromatic nitrogens is 2. The van der Waals surface area contributed by atoms with E-state index < -0.39 is 0 Å². The van der Waals surface area contributed by atoms with Gasteiger partial charge in [0.2, 0.25) is 0 Å². The van der Waals surface area contributed by atoms with E-state index in [-0.39, 0.29) is 0 Å². The van der Waals surface area contributed by atoms with Gasteiger partial charge in [-0.1, -0.05) is 19.3 Å². The average molecular weight is 235 g/mol. The Kier molecular flexibility index (Phi) is 4.21. The van der Waals surface area contributed by atoms with Crippen molar-refractivity contribution in [1.82, 2.24) is 15.1 Å². The van der Waals surface area contributed by atoms with Crippen LogP contribution >= 0.6 is 0 Å². The number of hydrogen-bond donors (Lipinski definition) is 1. The maximum absolute atomic E-state index is 4.70. The van der Waals surface area contributed by atoms with E-state index in [1.54, 1.807) is 0 Å². The second kappa shape index (κ2) is 5.67. The first-order valence-corrected chi connectivity index (χ1v) is 6.90. The lowest BCUT2D eigenvalue weighted by Crippen LogP contribution is -2.16. The highest BCUT2D eigenvalue weighted by atomic mass is 15.3. The molecule has 3 heteroatoms. The number of aryl methyl sites for hydroxylation is 1. The molecule has 0 aromatic carbocycles. The van der Waals surface area contributed by atoms with Crippen LogP contribution < -0.4 is 5.32 Å². The van der Waals surface area contributed by atoms with Crippen molar-refractivity contribution in [3.63, 3.8) is 0 Å². The zero-order valence-corrected chi connectivity index (χ0v) is 11.4. The summed E-state index contributed by atoms with van der Waals surface area (Å²) < 4.78 is 2.23. The topological polar surface area (TPSA) is 29.9 Å². The molecule has 1 aliphatic carbocycles. The summed E-state index contributed by atoms with van der Waals surface area (Å²) in [5.41, 5.74) is 3.92. The first-order chi connectivity index (χ1) is 8.22. The van der Waals surface area contributed by atoms with Crippen molar-refractivity contribution in [2.24, 2.45) is 5.92 Å². The van der Waals surface area contributed by atoms with E-state index in [9.17, 15) is 0 Å². The number of nitrogens with one attached hydrogen (secondary N) is 1. The van der Waals surface area contributed by atoms with Gasteiger partial charge in [0.25, 0.3) is 0 Å². The quantitative estimate of drug-likeness (QED) is 0.869. The normalized spacial score (nSPS) is 17.6. The Morgan fingerprint density at radius 1 is 1.24 bits per heavy atom. The van der Waals surface area contributed by atoms with Gasteiger partial charge in [-0.15, -0.1) is 0 Å². The van der Waals surface area contributed by atoms with E-state index >= 15 is 0 Å². The molecule has 3 nitrogen and oxygen atoms in total. The molecule has 0 spiro atoms. The minimum atomic E-state index is 0.851. The van der Waals surface area contributed by atoms with Gasteiger partial charge in [-0.25, -0.2) is 0 Å². The van der Waals surface area contributed by atoms with Crippen LogP contribution in [0.5, 0.6) is 0 Å². The van der Waals surface area contributed by atoms with Gasteiger partial charge < -0.3 is 5.32 Å². The zero-order valence-electron chi connectivity index (χ0n) is 11.4. The van der Waals surface area contributed by atoms with Crippen molar-refractivity contribution >= 4 is 0 Å². The SMILES string of the molecule is CNCc1c(C)nn(CC2CCCCC2)c1C. The fourth-order valence-corrected chi connectivity index (χ4v) is 2.96. The third-order valence-electron chi connectivity index (χ3n) is 4.04. The highest BCUT2D eigenvalue weighted by Gasteiger charge is 2.17. The summed E-state index contributed by atoms with van der Waals surface area (Å²) in [4.78, 5) is 0. The Balaban J connectivity index is 2.07. The summed E-state index contributed by atoms with van der Waals surface area (Å²) in [5.74, 6) is 0.851. The molecule has 0 unspecified atom stereocenters. The van der Waals surface area contributed by atoms with E-state index in [1.165, 1.54) is 49.1 Å². The molecule has 0 radical (unpaired) electrons. The minimum Gasteiger partial charge on any atom is -0.316 e. The summed E-state index contributed by atoms with van der Waals surface area (Å²) in [7, 11) is 2.00. The van der Waals surface area contributed by atoms with Crippen LogP contribution in [-0.4, -0.2) is 16.8 Å². The molecule has 1 N–H and O–H groups in total. The molecule has 1 saturated carbocycles. The third kappa shape index (κ3) is 2.89. The molecule has 17 heavy (non-hydrogen) atoms. The van der Waals surface area contributed by atoms with Gasteiger partial charge in [0.15, 0.2) is 0 Å². The smallest absolute Gasteiger partial charge is 0.0641 e. The standard InChI is InChI=1S/C14H25N3/c1-11-14(9-15-3)12(2)17(16-11)10-13-7-5-4-6-8-13/h13,15H,4-10H2,1-3H3. The Hall–Kier alpha value is -0.830. The Bertz CT molecular complexity index is 362. The van der Waals surface area contributed by atoms with Crippen LogP contribution in [0, 0.1) is 19.8 Å². The van der Waals surface area contributed by atoms with Crippen LogP contribution in [0.15, 0.2) is 0 Å². The van der Waals surface area contributed by atoms with E-state index in [2.05, 4.69) is 23.8 Å². The Morgan fingerprint density at radius 2 is 1.94 bits per heavy atom. The van der Waals surface area contributed by atoms with Crippen LogP contribution in [0.25, 0.3) is 0 Å². The van der Waals surface area contributed by atoms with E-state index in [0.717, 1.165) is 19.0 Å². The fourth-order valence-electron chi connectivity index (χ4n) is 2.96. The molecule has 96 valence electrons. The highest BCUT2D eigenvalue weighted by molar-refractivity contribution is 5.24. The van der Waals surface area contributed by atoms with E-state index in [1.807, 2.05) is 7.05 Å². The van der Waals surface area contributed by atoms with Crippen molar-refractivity contribution in [3.05, 3.63) is 17.0 Å². The number of nitrogens with zero attached hydrogens (tertiary/aromatic N) is 2. The molecule has 1 aromatic heterocycles. The summed E-state index contributed by atoms with van der Waals surface area (Å²) in [6.07, 6.45) is 7.03. The van der Waals surface area contributed by atoms with Gasteiger partial charge in [-0.2, -0.15) is 5.10 Å². The molecule has 1 aliphatic rings. The molecule has 1 aromatic rings. The average Bonchev–Trinajstić information content (AvgIpc) is 2.59. The fraction of sp³-hybridized carbons (Fsp3) is 0.786. The van der Waals surface area contributed by atoms with Crippen molar-refractivity contribution in [2.45, 2.75) is 59.0 Å². The summed E-state index contributed by atoms with van der Waals surface area (Å²) in [5, 5.41) is 7.93. The lowest BCUT2D eigenvalue weighted by molar-refractivity contribution is 0.305. The Morgan fingerprint density at radius 3 is 2.59 bits per heavy atom. The molecule has 1 heterocycles. The van der Waals surface area contributed by atoms with Crippen molar-refractivity contribution < 1.29 is 0 Å². The van der Waals surface area contributed by atoms with Gasteiger partial charge in [0.05, 0.1) is 5.69 Å². The molecule has 2 rings (SSSR count). The monoisotopic (exact) mass is 235 g/mol. The van der Waals surface area contributed by atoms with Gasteiger partial charge in [0, 0.05) is 24.3 Å². The van der Waals surface area contributed by atoms with Gasteiger partial charge in [0.1, 0.15) is 0 Å². The lowest BCUT2D eigenvalue weighted by Gasteiger charge is -2.22. The predicted molar refractivity (Wildman–Crippen MR) is 71.0 cm³/mol. The van der Waals surface area contributed by atoms with E-state index in [4.69, 9.17) is 5.10 Å². The Labute approximate surface area is 105 Å². The maximum atomic E-state index is 4.70. The lowest BCUT2D eigenvalue weighted by atomic mass is 9.89. The molecule has 0 saturated heterocycles. The van der Waals surface area contributed by atoms with Gasteiger partial charge in [-0.05, 0) is 39.7 Å². The van der Waals surface area contributed by atoms with Crippen LogP contribution in [0.4, 0.5) is 0 Å². The summed E-state index contributed by atoms with van der Waals surface area (Å²) in [6.45, 7) is 6.38. The van der Waals surface area contributed by atoms with Gasteiger partial charge >= 0.3 is 0 Å². The van der Waals surface area contributed by atoms with Crippen LogP contribution in [0.3, 0.4) is 0 Å². The van der Waals surface area contributed by atoms with Crippen LogP contribution in [0.1, 0.15) is 49.1 Å². The molecule has 0 amide bonds. The third-order valence-corrected chi connectivity index (χ3v) is 4.04. The highest BCUT2D eigenvalue weighted by Crippen LogP contribution is 2.26. The van der Waals surface area contributed by atoms with Gasteiger partial charge in [-0.3, -0.25) is 4.68 Å². The molecule has 0 bridgehead atoms. The molecular weight excluding hydrogens is 210 g/mol. The van der Waals surface area contributed by atoms with Crippen LogP contribution in [0.2, 0.25) is 0 Å². The molecular formula is C14H25N3. The first-order valence-electron chi connectivity index (χ1n) is 6.90. The van der Waals surface area contributed by atoms with E-state index in [0.29, 0.717) is 0 Å². The van der Waals surface area contributed by atoms with Crippen molar-refractivity contribution in [3.8, 4) is 0 Å². The van der Waals surface area contributed by atoms with Crippen molar-refractivity contribution in [1.29, 1.82) is 0 Å². The number of rotatable bonds is 4. The largest absolute Gasteiger partial charge is 0.316 e. The summed E-state index contributed by atoms with van der Waals surface area (Å²) >= 11 is 0. The second-order valence-electron chi connectivity index (χ2n) is 5.37. The first kappa shape index (κ1) is 12.6. The zero-order chi connectivity index (χ0) is 12.3. The molecule has 1 fully saturated rings. The number of hydrogen-bond acceptors (Lipinski definition) is 2. The van der Waals surface area contributed by atoms with Crippen molar-refractivity contribution in [2.75, 3.05) is 7.05 Å². The summed E-state index contributed by atoms with van der Waals surface area (Å²) in [6, 6.07) is 0. The second-order valence-corrected chi connectivity index (χ2v) is 5.37. The minimum absolute atomic E-state index is 0.851. The maximum Gasteiger partial charge on any atom is 0.0641 e. The predicted octanol–water partition coefficient (Wildman–Crippen LogP) is 2.80. The molecule has 0 atom stereocenters. The van der Waals surface area contributed by atoms with Crippen LogP contribution in [-0.2, 0) is 13.1 Å². The molecule has 0 aliphatic heterocycles.